The molecule has 102 valence electrons. The van der Waals surface area contributed by atoms with E-state index in [1.807, 2.05) is 0 Å². The monoisotopic (exact) mass is 297 g/mol. The zero-order valence-electron chi connectivity index (χ0n) is 10.7. The van der Waals surface area contributed by atoms with Gasteiger partial charge in [-0.3, -0.25) is 4.79 Å². The summed E-state index contributed by atoms with van der Waals surface area (Å²) in [7, 11) is 0. The highest BCUT2D eigenvalue weighted by Crippen LogP contribution is 2.44. The molecule has 19 heavy (non-hydrogen) atoms. The number of rotatable bonds is 5. The van der Waals surface area contributed by atoms with Gasteiger partial charge in [0.05, 0.1) is 6.42 Å². The summed E-state index contributed by atoms with van der Waals surface area (Å²) in [6.45, 7) is 0. The van der Waals surface area contributed by atoms with E-state index in [1.54, 1.807) is 18.2 Å². The molecule has 1 aromatic carbocycles. The molecule has 1 amide bonds. The van der Waals surface area contributed by atoms with Gasteiger partial charge in [0.15, 0.2) is 0 Å². The molecule has 0 aliphatic heterocycles. The first-order valence-corrected chi connectivity index (χ1v) is 7.63. The molecular formula is C15H17Cl2NO. The lowest BCUT2D eigenvalue weighted by molar-refractivity contribution is -0.121. The van der Waals surface area contributed by atoms with Crippen molar-refractivity contribution in [1.82, 2.24) is 5.32 Å². The minimum atomic E-state index is 0.0406. The first-order chi connectivity index (χ1) is 9.15. The molecular weight excluding hydrogens is 281 g/mol. The number of benzene rings is 1. The third kappa shape index (κ3) is 3.24. The summed E-state index contributed by atoms with van der Waals surface area (Å²) in [5.41, 5.74) is 0.730. The van der Waals surface area contributed by atoms with E-state index in [2.05, 4.69) is 5.32 Å². The molecule has 0 aromatic heterocycles. The number of hydrogen-bond acceptors (Lipinski definition) is 1. The molecule has 0 heterocycles. The fourth-order valence-corrected chi connectivity index (χ4v) is 3.16. The van der Waals surface area contributed by atoms with E-state index in [9.17, 15) is 4.79 Å². The van der Waals surface area contributed by atoms with Gasteiger partial charge in [0, 0.05) is 16.1 Å². The number of amides is 1. The summed E-state index contributed by atoms with van der Waals surface area (Å²) < 4.78 is 0. The Labute approximate surface area is 123 Å². The molecule has 2 fully saturated rings. The Balaban J connectivity index is 1.64. The van der Waals surface area contributed by atoms with Crippen LogP contribution in [0.1, 0.15) is 31.2 Å². The number of nitrogens with one attached hydrogen (secondary N) is 1. The molecule has 2 nitrogen and oxygen atoms in total. The summed E-state index contributed by atoms with van der Waals surface area (Å²) >= 11 is 12.2. The molecule has 0 unspecified atom stereocenters. The molecule has 2 aliphatic carbocycles. The van der Waals surface area contributed by atoms with Crippen molar-refractivity contribution >= 4 is 29.1 Å². The maximum absolute atomic E-state index is 12.2. The smallest absolute Gasteiger partial charge is 0.224 e. The predicted octanol–water partition coefficient (Wildman–Crippen LogP) is 3.84. The molecule has 4 heteroatoms. The molecule has 0 atom stereocenters. The standard InChI is InChI=1S/C15H17Cl2NO/c16-12-2-1-3-13(17)11(12)8-14(19)18-15(9-4-5-9)10-6-7-10/h1-3,9-10,15H,4-8H2,(H,18,19). The SMILES string of the molecule is O=C(Cc1c(Cl)cccc1Cl)NC(C1CC1)C1CC1. The second-order valence-electron chi connectivity index (χ2n) is 5.65. The quantitative estimate of drug-likeness (QED) is 0.879. The predicted molar refractivity (Wildman–Crippen MR) is 77.5 cm³/mol. The fraction of sp³-hybridized carbons (Fsp3) is 0.533. The second-order valence-corrected chi connectivity index (χ2v) is 6.46. The fourth-order valence-electron chi connectivity index (χ4n) is 2.63. The summed E-state index contributed by atoms with van der Waals surface area (Å²) in [6, 6.07) is 5.72. The average Bonchev–Trinajstić information content (AvgIpc) is 3.25. The summed E-state index contributed by atoms with van der Waals surface area (Å²) in [6.07, 6.45) is 5.31. The van der Waals surface area contributed by atoms with Crippen LogP contribution in [0, 0.1) is 11.8 Å². The number of carbonyl (C=O) groups is 1. The van der Waals surface area contributed by atoms with Gasteiger partial charge in [0.1, 0.15) is 0 Å². The zero-order chi connectivity index (χ0) is 13.4. The van der Waals surface area contributed by atoms with E-state index in [1.165, 1.54) is 25.7 Å². The van der Waals surface area contributed by atoms with Gasteiger partial charge in [-0.15, -0.1) is 0 Å². The maximum Gasteiger partial charge on any atom is 0.224 e. The summed E-state index contributed by atoms with van der Waals surface area (Å²) in [5, 5.41) is 4.32. The van der Waals surface area contributed by atoms with Crippen molar-refractivity contribution in [2.45, 2.75) is 38.1 Å². The summed E-state index contributed by atoms with van der Waals surface area (Å²) in [4.78, 5) is 12.2. The van der Waals surface area contributed by atoms with Gasteiger partial charge in [-0.1, -0.05) is 29.3 Å². The minimum Gasteiger partial charge on any atom is -0.353 e. The normalized spacial score (nSPS) is 18.7. The minimum absolute atomic E-state index is 0.0406. The average molecular weight is 298 g/mol. The highest BCUT2D eigenvalue weighted by molar-refractivity contribution is 6.36. The lowest BCUT2D eigenvalue weighted by Gasteiger charge is -2.18. The van der Waals surface area contributed by atoms with E-state index in [0.717, 1.165) is 5.56 Å². The molecule has 3 rings (SSSR count). The van der Waals surface area contributed by atoms with Crippen LogP contribution in [0.25, 0.3) is 0 Å². The Morgan fingerprint density at radius 3 is 2.16 bits per heavy atom. The molecule has 0 saturated heterocycles. The van der Waals surface area contributed by atoms with Gasteiger partial charge in [0.2, 0.25) is 5.91 Å². The third-order valence-electron chi connectivity index (χ3n) is 3.99. The van der Waals surface area contributed by atoms with Crippen molar-refractivity contribution in [3.63, 3.8) is 0 Å². The van der Waals surface area contributed by atoms with Crippen molar-refractivity contribution in [1.29, 1.82) is 0 Å². The van der Waals surface area contributed by atoms with Gasteiger partial charge in [-0.25, -0.2) is 0 Å². The number of hydrogen-bond donors (Lipinski definition) is 1. The number of halogens is 2. The van der Waals surface area contributed by atoms with Gasteiger partial charge < -0.3 is 5.32 Å². The largest absolute Gasteiger partial charge is 0.353 e. The van der Waals surface area contributed by atoms with E-state index in [4.69, 9.17) is 23.2 Å². The maximum atomic E-state index is 12.2. The van der Waals surface area contributed by atoms with Crippen LogP contribution >= 0.6 is 23.2 Å². The Morgan fingerprint density at radius 1 is 1.16 bits per heavy atom. The van der Waals surface area contributed by atoms with Crippen LogP contribution in [-0.4, -0.2) is 11.9 Å². The van der Waals surface area contributed by atoms with E-state index in [0.29, 0.717) is 27.9 Å². The van der Waals surface area contributed by atoms with Gasteiger partial charge >= 0.3 is 0 Å². The van der Waals surface area contributed by atoms with Crippen LogP contribution in [0.2, 0.25) is 10.0 Å². The van der Waals surface area contributed by atoms with Crippen molar-refractivity contribution in [3.05, 3.63) is 33.8 Å². The third-order valence-corrected chi connectivity index (χ3v) is 4.69. The Morgan fingerprint density at radius 2 is 1.68 bits per heavy atom. The molecule has 1 aromatic rings. The molecule has 0 radical (unpaired) electrons. The van der Waals surface area contributed by atoms with Crippen molar-refractivity contribution in [3.8, 4) is 0 Å². The van der Waals surface area contributed by atoms with Crippen molar-refractivity contribution in [2.24, 2.45) is 11.8 Å². The lowest BCUT2D eigenvalue weighted by Crippen LogP contribution is -2.39. The number of carbonyl (C=O) groups excluding carboxylic acids is 1. The van der Waals surface area contributed by atoms with Crippen LogP contribution in [-0.2, 0) is 11.2 Å². The van der Waals surface area contributed by atoms with Gasteiger partial charge in [0.25, 0.3) is 0 Å². The van der Waals surface area contributed by atoms with Crippen LogP contribution in [0.4, 0.5) is 0 Å². The highest BCUT2D eigenvalue weighted by atomic mass is 35.5. The van der Waals surface area contributed by atoms with Crippen molar-refractivity contribution in [2.75, 3.05) is 0 Å². The molecule has 0 bridgehead atoms. The Bertz CT molecular complexity index is 463. The van der Waals surface area contributed by atoms with Crippen molar-refractivity contribution < 1.29 is 4.79 Å². The second kappa shape index (κ2) is 5.34. The zero-order valence-corrected chi connectivity index (χ0v) is 12.2. The topological polar surface area (TPSA) is 29.1 Å². The van der Waals surface area contributed by atoms with Crippen LogP contribution in [0.5, 0.6) is 0 Å². The Kier molecular flexibility index (Phi) is 3.72. The molecule has 2 aliphatic rings. The summed E-state index contributed by atoms with van der Waals surface area (Å²) in [5.74, 6) is 1.45. The van der Waals surface area contributed by atoms with Crippen LogP contribution in [0.15, 0.2) is 18.2 Å². The first-order valence-electron chi connectivity index (χ1n) is 6.87. The lowest BCUT2D eigenvalue weighted by atomic mass is 10.1. The van der Waals surface area contributed by atoms with E-state index < -0.39 is 0 Å². The molecule has 2 saturated carbocycles. The highest BCUT2D eigenvalue weighted by Gasteiger charge is 2.42. The Hall–Kier alpha value is -0.730. The first kappa shape index (κ1) is 13.3. The van der Waals surface area contributed by atoms with Crippen LogP contribution in [0.3, 0.4) is 0 Å². The van der Waals surface area contributed by atoms with E-state index in [-0.39, 0.29) is 12.3 Å². The van der Waals surface area contributed by atoms with Gasteiger partial charge in [-0.05, 0) is 55.2 Å². The molecule has 0 spiro atoms. The van der Waals surface area contributed by atoms with Crippen LogP contribution < -0.4 is 5.32 Å². The van der Waals surface area contributed by atoms with Gasteiger partial charge in [-0.2, -0.15) is 0 Å². The van der Waals surface area contributed by atoms with E-state index >= 15 is 0 Å². The molecule has 1 N–H and O–H groups in total.